The second-order valence-electron chi connectivity index (χ2n) is 9.47. The standard InChI is InChI=1S/2C11H19OSi.2ClH.Zr/c2*1-13(2,3)12-10-6-9-11-7-4-5-8-11;;;/h2*4,7H,5-6,9-10H2,1-3H3;2*1H;. The maximum atomic E-state index is 6.03. The third-order valence-corrected chi connectivity index (χ3v) is 10.8. The quantitative estimate of drug-likeness (QED) is 0.183. The first-order valence-corrected chi connectivity index (χ1v) is 19.7. The minimum atomic E-state index is -1.36. The summed E-state index contributed by atoms with van der Waals surface area (Å²) in [6.07, 6.45) is 16.7. The molecule has 0 aliphatic heterocycles. The zero-order chi connectivity index (χ0) is 19.9. The van der Waals surface area contributed by atoms with Crippen molar-refractivity contribution in [1.82, 2.24) is 0 Å². The molecule has 166 valence electrons. The van der Waals surface area contributed by atoms with E-state index < -0.39 is 39.9 Å². The molecule has 0 spiro atoms. The third kappa shape index (κ3) is 12.4. The van der Waals surface area contributed by atoms with Gasteiger partial charge in [-0.05, 0) is 0 Å². The Morgan fingerprint density at radius 3 is 1.45 bits per heavy atom. The Morgan fingerprint density at radius 1 is 0.724 bits per heavy atom. The van der Waals surface area contributed by atoms with Crippen molar-refractivity contribution in [1.29, 1.82) is 0 Å². The Morgan fingerprint density at radius 2 is 1.10 bits per heavy atom. The maximum absolute atomic E-state index is 6.03. The molecule has 0 amide bonds. The van der Waals surface area contributed by atoms with Crippen LogP contribution in [0.1, 0.15) is 38.5 Å². The van der Waals surface area contributed by atoms with Gasteiger partial charge in [-0.15, -0.1) is 24.8 Å². The van der Waals surface area contributed by atoms with Gasteiger partial charge >= 0.3 is 182 Å². The molecule has 0 radical (unpaired) electrons. The van der Waals surface area contributed by atoms with Crippen molar-refractivity contribution in [2.75, 3.05) is 13.2 Å². The number of rotatable bonds is 12. The van der Waals surface area contributed by atoms with Crippen molar-refractivity contribution in [3.05, 3.63) is 42.0 Å². The smallest absolute Gasteiger partial charge is 0.147 e. The molecule has 0 bridgehead atoms. The summed E-state index contributed by atoms with van der Waals surface area (Å²) in [5.41, 5.74) is 3.28. The minimum Gasteiger partial charge on any atom is -0.147 e. The summed E-state index contributed by atoms with van der Waals surface area (Å²) in [6.45, 7) is 15.5. The largest absolute Gasteiger partial charge is 0.147 e. The van der Waals surface area contributed by atoms with E-state index >= 15 is 0 Å². The van der Waals surface area contributed by atoms with Gasteiger partial charge in [-0.3, -0.25) is 0 Å². The zero-order valence-electron chi connectivity index (χ0n) is 19.1. The topological polar surface area (TPSA) is 18.5 Å². The number of hydrogen-bond donors (Lipinski definition) is 0. The van der Waals surface area contributed by atoms with Crippen LogP contribution >= 0.6 is 24.8 Å². The predicted octanol–water partition coefficient (Wildman–Crippen LogP) is 7.60. The van der Waals surface area contributed by atoms with Crippen molar-refractivity contribution < 1.29 is 32.1 Å². The Kier molecular flexibility index (Phi) is 14.4. The second kappa shape index (κ2) is 14.0. The molecule has 2 rings (SSSR count). The van der Waals surface area contributed by atoms with Crippen LogP contribution in [0.5, 0.6) is 0 Å². The van der Waals surface area contributed by atoms with E-state index in [4.69, 9.17) is 8.85 Å². The molecule has 0 fully saturated rings. The first-order chi connectivity index (χ1) is 12.6. The van der Waals surface area contributed by atoms with Gasteiger partial charge in [-0.1, -0.05) is 0 Å². The average Bonchev–Trinajstić information content (AvgIpc) is 3.16. The summed E-state index contributed by atoms with van der Waals surface area (Å²) in [5, 5.41) is 0. The molecule has 2 nitrogen and oxygen atoms in total. The van der Waals surface area contributed by atoms with E-state index in [9.17, 15) is 0 Å². The zero-order valence-corrected chi connectivity index (χ0v) is 25.2. The molecular weight excluding hydrogens is 515 g/mol. The van der Waals surface area contributed by atoms with Crippen LogP contribution in [0.15, 0.2) is 42.0 Å². The molecule has 0 aromatic rings. The predicted molar refractivity (Wildman–Crippen MR) is 133 cm³/mol. The summed E-state index contributed by atoms with van der Waals surface area (Å²) >= 11 is -0.608. The molecule has 0 aromatic heterocycles. The summed E-state index contributed by atoms with van der Waals surface area (Å²) in [4.78, 5) is 0. The molecule has 2 aliphatic carbocycles. The van der Waals surface area contributed by atoms with Crippen molar-refractivity contribution >= 4 is 41.4 Å². The Hall–Kier alpha value is 0.777. The molecule has 29 heavy (non-hydrogen) atoms. The van der Waals surface area contributed by atoms with E-state index in [1.807, 2.05) is 0 Å². The van der Waals surface area contributed by atoms with Crippen LogP contribution < -0.4 is 0 Å². The normalized spacial score (nSPS) is 16.3. The fraction of sp³-hybridized carbons (Fsp3) is 0.636. The summed E-state index contributed by atoms with van der Waals surface area (Å²) in [7, 11) is -2.73. The van der Waals surface area contributed by atoms with Crippen LogP contribution in [0.2, 0.25) is 39.3 Å². The van der Waals surface area contributed by atoms with Gasteiger partial charge < -0.3 is 0 Å². The number of halogens is 2. The van der Waals surface area contributed by atoms with Gasteiger partial charge in [-0.2, -0.15) is 0 Å². The molecule has 2 aliphatic rings. The molecule has 7 heteroatoms. The van der Waals surface area contributed by atoms with Crippen LogP contribution in [0.3, 0.4) is 0 Å². The van der Waals surface area contributed by atoms with Crippen molar-refractivity contribution in [3.63, 3.8) is 0 Å². The summed E-state index contributed by atoms with van der Waals surface area (Å²) < 4.78 is 15.7. The van der Waals surface area contributed by atoms with Gasteiger partial charge in [0.05, 0.1) is 0 Å². The van der Waals surface area contributed by atoms with Crippen LogP contribution in [0.25, 0.3) is 0 Å². The van der Waals surface area contributed by atoms with E-state index in [1.54, 1.807) is 17.7 Å². The van der Waals surface area contributed by atoms with E-state index in [0.717, 1.165) is 13.2 Å². The Labute approximate surface area is 205 Å². The van der Waals surface area contributed by atoms with E-state index in [1.165, 1.54) is 38.5 Å². The van der Waals surface area contributed by atoms with Gasteiger partial charge in [0, 0.05) is 0 Å². The molecule has 0 heterocycles. The first kappa shape index (κ1) is 29.8. The number of hydrogen-bond acceptors (Lipinski definition) is 2. The van der Waals surface area contributed by atoms with E-state index in [0.29, 0.717) is 0 Å². The van der Waals surface area contributed by atoms with Gasteiger partial charge in [0.25, 0.3) is 0 Å². The fourth-order valence-electron chi connectivity index (χ4n) is 3.30. The van der Waals surface area contributed by atoms with Gasteiger partial charge in [-0.25, -0.2) is 0 Å². The Bertz CT molecular complexity index is 576. The molecular formula is C22H40Cl2O2Si2Zr. The molecule has 0 aromatic carbocycles. The Balaban J connectivity index is 0.00000392. The fourth-order valence-corrected chi connectivity index (χ4v) is 8.60. The minimum absolute atomic E-state index is 0. The van der Waals surface area contributed by atoms with Crippen LogP contribution in [0.4, 0.5) is 0 Å². The van der Waals surface area contributed by atoms with Gasteiger partial charge in [0.15, 0.2) is 0 Å². The average molecular weight is 555 g/mol. The third-order valence-electron chi connectivity index (χ3n) is 4.61. The van der Waals surface area contributed by atoms with Crippen LogP contribution in [0, 0.1) is 0 Å². The molecule has 0 saturated heterocycles. The number of allylic oxidation sites excluding steroid dienone is 8. The van der Waals surface area contributed by atoms with Gasteiger partial charge in [0.2, 0.25) is 0 Å². The van der Waals surface area contributed by atoms with Crippen molar-refractivity contribution in [2.45, 2.75) is 77.8 Å². The molecule has 0 N–H and O–H groups in total. The van der Waals surface area contributed by atoms with E-state index in [2.05, 4.69) is 63.6 Å². The summed E-state index contributed by atoms with van der Waals surface area (Å²) in [5.74, 6) is 0. The van der Waals surface area contributed by atoms with Crippen LogP contribution in [-0.2, 0) is 32.1 Å². The van der Waals surface area contributed by atoms with Crippen LogP contribution in [-0.4, -0.2) is 29.8 Å². The summed E-state index contributed by atoms with van der Waals surface area (Å²) in [6, 6.07) is 0. The molecule has 0 unspecified atom stereocenters. The first-order valence-electron chi connectivity index (χ1n) is 10.5. The molecule has 0 atom stereocenters. The monoisotopic (exact) mass is 552 g/mol. The van der Waals surface area contributed by atoms with E-state index in [-0.39, 0.29) is 24.8 Å². The second-order valence-corrected chi connectivity index (χ2v) is 22.1. The van der Waals surface area contributed by atoms with Crippen molar-refractivity contribution in [2.24, 2.45) is 0 Å². The SMILES string of the molecule is C[Si](C)(C)OCCCC1=[C]([Zr][C]2=C(CCCO[Si](C)(C)C)C=CC2)CC=C1.Cl.Cl. The maximum Gasteiger partial charge on any atom is -0.147 e. The van der Waals surface area contributed by atoms with Crippen molar-refractivity contribution in [3.8, 4) is 0 Å². The van der Waals surface area contributed by atoms with Gasteiger partial charge in [0.1, 0.15) is 0 Å². The molecule has 0 saturated carbocycles.